The number of hydrogen-bond acceptors (Lipinski definition) is 2. The number of rotatable bonds is 3. The van der Waals surface area contributed by atoms with Crippen LogP contribution in [-0.2, 0) is 4.74 Å². The molecule has 0 aromatic heterocycles. The highest BCUT2D eigenvalue weighted by molar-refractivity contribution is 5.10. The van der Waals surface area contributed by atoms with E-state index in [1.165, 1.54) is 37.7 Å². The van der Waals surface area contributed by atoms with E-state index in [4.69, 9.17) is 10.5 Å². The van der Waals surface area contributed by atoms with Gasteiger partial charge >= 0.3 is 0 Å². The number of ether oxygens (including phenoxy) is 1. The molecule has 2 bridgehead atoms. The van der Waals surface area contributed by atoms with E-state index in [1.807, 2.05) is 6.26 Å². The van der Waals surface area contributed by atoms with Crippen molar-refractivity contribution in [1.29, 1.82) is 0 Å². The number of nitrogens with two attached hydrogens (primary N) is 1. The normalized spacial score (nSPS) is 39.3. The third-order valence-electron chi connectivity index (χ3n) is 4.88. The van der Waals surface area contributed by atoms with Crippen molar-refractivity contribution >= 4 is 0 Å². The Morgan fingerprint density at radius 3 is 2.94 bits per heavy atom. The van der Waals surface area contributed by atoms with Crippen molar-refractivity contribution in [2.75, 3.05) is 6.61 Å². The Bertz CT molecular complexity index is 286. The minimum atomic E-state index is 0.268. The molecule has 1 aliphatic heterocycles. The third-order valence-corrected chi connectivity index (χ3v) is 4.88. The Morgan fingerprint density at radius 1 is 1.38 bits per heavy atom. The molecule has 0 spiro atoms. The van der Waals surface area contributed by atoms with Crippen molar-refractivity contribution in [3.05, 3.63) is 11.8 Å². The predicted molar refractivity (Wildman–Crippen MR) is 64.8 cm³/mol. The standard InChI is InChI=1S/C14H23NO/c15-14(12-2-1-5-16-9-12)8-13-7-10-3-4-11(13)6-10/h9-11,13-14H,1-8,15H2. The zero-order chi connectivity index (χ0) is 11.0. The van der Waals surface area contributed by atoms with Gasteiger partial charge in [0.25, 0.3) is 0 Å². The smallest absolute Gasteiger partial charge is 0.0876 e. The number of fused-ring (bicyclic) bond motifs is 2. The monoisotopic (exact) mass is 221 g/mol. The third kappa shape index (κ3) is 2.00. The molecule has 0 aromatic rings. The molecule has 4 atom stereocenters. The summed E-state index contributed by atoms with van der Waals surface area (Å²) >= 11 is 0. The second-order valence-corrected chi connectivity index (χ2v) is 5.94. The lowest BCUT2D eigenvalue weighted by atomic mass is 9.82. The van der Waals surface area contributed by atoms with Crippen LogP contribution in [0.1, 0.15) is 44.9 Å². The van der Waals surface area contributed by atoms with Crippen molar-refractivity contribution in [3.63, 3.8) is 0 Å². The topological polar surface area (TPSA) is 35.2 Å². The van der Waals surface area contributed by atoms with E-state index in [9.17, 15) is 0 Å². The summed E-state index contributed by atoms with van der Waals surface area (Å²) in [6.45, 7) is 0.879. The lowest BCUT2D eigenvalue weighted by Gasteiger charge is -2.27. The quantitative estimate of drug-likeness (QED) is 0.795. The summed E-state index contributed by atoms with van der Waals surface area (Å²) < 4.78 is 5.39. The molecule has 0 aromatic carbocycles. The fourth-order valence-electron chi connectivity index (χ4n) is 4.00. The Hall–Kier alpha value is -0.500. The van der Waals surface area contributed by atoms with Gasteiger partial charge in [0.05, 0.1) is 12.9 Å². The van der Waals surface area contributed by atoms with Crippen LogP contribution in [0.3, 0.4) is 0 Å². The van der Waals surface area contributed by atoms with Gasteiger partial charge in [-0.05, 0) is 61.9 Å². The molecule has 2 N–H and O–H groups in total. The Labute approximate surface area is 98.2 Å². The van der Waals surface area contributed by atoms with Crippen LogP contribution < -0.4 is 5.73 Å². The molecule has 4 unspecified atom stereocenters. The van der Waals surface area contributed by atoms with Crippen LogP contribution in [0, 0.1) is 17.8 Å². The Kier molecular flexibility index (Phi) is 2.93. The zero-order valence-corrected chi connectivity index (χ0v) is 10.0. The SMILES string of the molecule is NC(CC1CC2CCC1C2)C1=COCCC1. The highest BCUT2D eigenvalue weighted by Gasteiger charge is 2.40. The van der Waals surface area contributed by atoms with Gasteiger partial charge in [0, 0.05) is 6.04 Å². The summed E-state index contributed by atoms with van der Waals surface area (Å²) in [6.07, 6.45) is 11.3. The second-order valence-electron chi connectivity index (χ2n) is 5.94. The van der Waals surface area contributed by atoms with Gasteiger partial charge in [-0.1, -0.05) is 6.42 Å². The van der Waals surface area contributed by atoms with Gasteiger partial charge in [0.2, 0.25) is 0 Å². The highest BCUT2D eigenvalue weighted by atomic mass is 16.5. The Morgan fingerprint density at radius 2 is 2.31 bits per heavy atom. The lowest BCUT2D eigenvalue weighted by molar-refractivity contribution is 0.217. The molecular weight excluding hydrogens is 198 g/mol. The van der Waals surface area contributed by atoms with Gasteiger partial charge < -0.3 is 10.5 Å². The first-order chi connectivity index (χ1) is 7.83. The molecule has 2 heteroatoms. The van der Waals surface area contributed by atoms with Gasteiger partial charge in [0.1, 0.15) is 0 Å². The van der Waals surface area contributed by atoms with E-state index in [0.29, 0.717) is 0 Å². The fraction of sp³-hybridized carbons (Fsp3) is 0.857. The van der Waals surface area contributed by atoms with E-state index in [-0.39, 0.29) is 6.04 Å². The summed E-state index contributed by atoms with van der Waals surface area (Å²) in [5, 5.41) is 0. The van der Waals surface area contributed by atoms with E-state index in [0.717, 1.165) is 37.2 Å². The molecular formula is C14H23NO. The molecule has 0 amide bonds. The predicted octanol–water partition coefficient (Wildman–Crippen LogP) is 2.83. The van der Waals surface area contributed by atoms with E-state index >= 15 is 0 Å². The average Bonchev–Trinajstić information content (AvgIpc) is 2.92. The van der Waals surface area contributed by atoms with Crippen molar-refractivity contribution < 1.29 is 4.74 Å². The maximum absolute atomic E-state index is 6.31. The highest BCUT2D eigenvalue weighted by Crippen LogP contribution is 2.50. The molecule has 1 heterocycles. The molecule has 2 nitrogen and oxygen atoms in total. The maximum atomic E-state index is 6.31. The van der Waals surface area contributed by atoms with Crippen LogP contribution in [-0.4, -0.2) is 12.6 Å². The molecule has 2 saturated carbocycles. The van der Waals surface area contributed by atoms with Crippen LogP contribution >= 0.6 is 0 Å². The van der Waals surface area contributed by atoms with Gasteiger partial charge in [0.15, 0.2) is 0 Å². The van der Waals surface area contributed by atoms with Crippen LogP contribution in [0.5, 0.6) is 0 Å². The molecule has 0 radical (unpaired) electrons. The maximum Gasteiger partial charge on any atom is 0.0876 e. The van der Waals surface area contributed by atoms with Crippen LogP contribution in [0.15, 0.2) is 11.8 Å². The first-order valence-corrected chi connectivity index (χ1v) is 6.89. The first kappa shape index (κ1) is 10.6. The lowest BCUT2D eigenvalue weighted by Crippen LogP contribution is -2.29. The zero-order valence-electron chi connectivity index (χ0n) is 10.0. The summed E-state index contributed by atoms with van der Waals surface area (Å²) in [7, 11) is 0. The minimum absolute atomic E-state index is 0.268. The van der Waals surface area contributed by atoms with Gasteiger partial charge in [-0.15, -0.1) is 0 Å². The van der Waals surface area contributed by atoms with Crippen molar-refractivity contribution in [2.45, 2.75) is 51.0 Å². The summed E-state index contributed by atoms with van der Waals surface area (Å²) in [5.41, 5.74) is 7.67. The first-order valence-electron chi connectivity index (χ1n) is 6.89. The molecule has 16 heavy (non-hydrogen) atoms. The van der Waals surface area contributed by atoms with Crippen molar-refractivity contribution in [2.24, 2.45) is 23.5 Å². The summed E-state index contributed by atoms with van der Waals surface area (Å²) in [5.74, 6) is 2.96. The Balaban J connectivity index is 1.56. The van der Waals surface area contributed by atoms with Crippen molar-refractivity contribution in [1.82, 2.24) is 0 Å². The molecule has 2 fully saturated rings. The van der Waals surface area contributed by atoms with E-state index < -0.39 is 0 Å². The fourth-order valence-corrected chi connectivity index (χ4v) is 4.00. The number of hydrogen-bond donors (Lipinski definition) is 1. The van der Waals surface area contributed by atoms with Gasteiger partial charge in [-0.2, -0.15) is 0 Å². The van der Waals surface area contributed by atoms with E-state index in [2.05, 4.69) is 0 Å². The average molecular weight is 221 g/mol. The summed E-state index contributed by atoms with van der Waals surface area (Å²) in [4.78, 5) is 0. The molecule has 3 rings (SSSR count). The summed E-state index contributed by atoms with van der Waals surface area (Å²) in [6, 6.07) is 0.268. The molecule has 3 aliphatic rings. The largest absolute Gasteiger partial charge is 0.501 e. The van der Waals surface area contributed by atoms with Crippen molar-refractivity contribution in [3.8, 4) is 0 Å². The molecule has 0 saturated heterocycles. The van der Waals surface area contributed by atoms with E-state index in [1.54, 1.807) is 0 Å². The van der Waals surface area contributed by atoms with Gasteiger partial charge in [-0.25, -0.2) is 0 Å². The second kappa shape index (κ2) is 4.40. The molecule has 2 aliphatic carbocycles. The van der Waals surface area contributed by atoms with Crippen LogP contribution in [0.2, 0.25) is 0 Å². The molecule has 90 valence electrons. The van der Waals surface area contributed by atoms with Crippen LogP contribution in [0.25, 0.3) is 0 Å². The van der Waals surface area contributed by atoms with Gasteiger partial charge in [-0.3, -0.25) is 0 Å². The van der Waals surface area contributed by atoms with Crippen LogP contribution in [0.4, 0.5) is 0 Å². The minimum Gasteiger partial charge on any atom is -0.501 e.